The maximum atomic E-state index is 14.8. The van der Waals surface area contributed by atoms with Crippen molar-refractivity contribution in [3.05, 3.63) is 47.8 Å². The van der Waals surface area contributed by atoms with Crippen molar-refractivity contribution in [2.75, 3.05) is 37.7 Å². The fourth-order valence-corrected chi connectivity index (χ4v) is 6.45. The van der Waals surface area contributed by atoms with Crippen LogP contribution in [0.15, 0.2) is 36.4 Å². The molecule has 2 unspecified atom stereocenters. The summed E-state index contributed by atoms with van der Waals surface area (Å²) in [6.45, 7) is 3.95. The molecule has 2 saturated heterocycles. The SMILES string of the molecule is Cc1c(F)cc2[nH]ncc2c1-c1cc2nc(OCC34CCCN3CC(F)C4)nc(N3CCC=C(F)C3)c2cn1. The molecular weight excluding hydrogens is 507 g/mol. The molecule has 1 N–H and O–H groups in total. The van der Waals surface area contributed by atoms with E-state index in [4.69, 9.17) is 14.7 Å². The number of pyridine rings is 1. The van der Waals surface area contributed by atoms with Crippen molar-refractivity contribution in [3.8, 4) is 17.3 Å². The molecule has 2 fully saturated rings. The normalized spacial score (nSPS) is 23.5. The van der Waals surface area contributed by atoms with Crippen LogP contribution in [-0.2, 0) is 0 Å². The van der Waals surface area contributed by atoms with Crippen LogP contribution in [-0.4, -0.2) is 74.5 Å². The van der Waals surface area contributed by atoms with Gasteiger partial charge in [-0.15, -0.1) is 0 Å². The summed E-state index contributed by atoms with van der Waals surface area (Å²) >= 11 is 0. The van der Waals surface area contributed by atoms with Crippen LogP contribution in [0.2, 0.25) is 0 Å². The Bertz CT molecular complexity index is 1620. The summed E-state index contributed by atoms with van der Waals surface area (Å²) < 4.78 is 49.6. The number of H-pyrrole nitrogens is 1. The number of hydrogen-bond donors (Lipinski definition) is 1. The Labute approximate surface area is 222 Å². The summed E-state index contributed by atoms with van der Waals surface area (Å²) in [5.41, 5.74) is 2.37. The predicted octanol–water partition coefficient (Wildman–Crippen LogP) is 5.03. The highest BCUT2D eigenvalue weighted by molar-refractivity contribution is 5.98. The number of benzene rings is 1. The molecule has 0 aliphatic carbocycles. The van der Waals surface area contributed by atoms with E-state index in [9.17, 15) is 13.2 Å². The summed E-state index contributed by atoms with van der Waals surface area (Å²) in [5, 5.41) is 8.29. The van der Waals surface area contributed by atoms with E-state index in [1.165, 1.54) is 6.07 Å². The number of aromatic amines is 1. The first-order valence-corrected chi connectivity index (χ1v) is 13.3. The number of halogens is 3. The highest BCUT2D eigenvalue weighted by Gasteiger charge is 2.49. The first kappa shape index (κ1) is 24.3. The second kappa shape index (κ2) is 9.18. The average Bonchev–Trinajstić information content (AvgIpc) is 3.61. The van der Waals surface area contributed by atoms with Crippen molar-refractivity contribution in [3.63, 3.8) is 0 Å². The fraction of sp³-hybridized carbons (Fsp3) is 0.429. The molecule has 3 aromatic heterocycles. The van der Waals surface area contributed by atoms with Crippen LogP contribution in [0.1, 0.15) is 31.2 Å². The van der Waals surface area contributed by atoms with Crippen LogP contribution in [0.3, 0.4) is 0 Å². The first-order chi connectivity index (χ1) is 18.9. The standard InChI is InChI=1S/C28H28F3N7O/c1-16-21(31)8-23-19(12-33-36-23)25(16)24-9-22-20(11-32-24)26(37-6-2-4-17(29)13-37)35-27(34-22)39-15-28-5-3-7-38(28)14-18(30)10-28/h4,8-9,11-12,18H,2-3,5-7,10,13-15H2,1H3,(H,33,36). The fourth-order valence-electron chi connectivity index (χ4n) is 6.45. The summed E-state index contributed by atoms with van der Waals surface area (Å²) in [6, 6.07) is 3.35. The highest BCUT2D eigenvalue weighted by atomic mass is 19.1. The van der Waals surface area contributed by atoms with Crippen molar-refractivity contribution in [1.29, 1.82) is 0 Å². The monoisotopic (exact) mass is 535 g/mol. The zero-order valence-corrected chi connectivity index (χ0v) is 21.6. The Morgan fingerprint density at radius 1 is 1.15 bits per heavy atom. The Morgan fingerprint density at radius 3 is 2.92 bits per heavy atom. The molecule has 202 valence electrons. The van der Waals surface area contributed by atoms with Gasteiger partial charge in [0, 0.05) is 36.7 Å². The lowest BCUT2D eigenvalue weighted by Crippen LogP contribution is -2.43. The molecule has 39 heavy (non-hydrogen) atoms. The van der Waals surface area contributed by atoms with E-state index in [0.29, 0.717) is 65.0 Å². The zero-order chi connectivity index (χ0) is 26.7. The quantitative estimate of drug-likeness (QED) is 0.384. The molecule has 11 heteroatoms. The van der Waals surface area contributed by atoms with Gasteiger partial charge in [0.15, 0.2) is 0 Å². The van der Waals surface area contributed by atoms with Gasteiger partial charge in [0.25, 0.3) is 0 Å². The molecule has 0 bridgehead atoms. The van der Waals surface area contributed by atoms with Crippen molar-refractivity contribution < 1.29 is 17.9 Å². The summed E-state index contributed by atoms with van der Waals surface area (Å²) in [5.74, 6) is -0.0646. The molecule has 0 radical (unpaired) electrons. The van der Waals surface area contributed by atoms with Crippen LogP contribution in [0.5, 0.6) is 6.01 Å². The van der Waals surface area contributed by atoms with E-state index >= 15 is 0 Å². The highest BCUT2D eigenvalue weighted by Crippen LogP contribution is 2.41. The second-order valence-corrected chi connectivity index (χ2v) is 10.8. The number of nitrogens with one attached hydrogen (secondary N) is 1. The summed E-state index contributed by atoms with van der Waals surface area (Å²) in [7, 11) is 0. The van der Waals surface area contributed by atoms with E-state index in [2.05, 4.69) is 20.1 Å². The van der Waals surface area contributed by atoms with Crippen molar-refractivity contribution in [2.24, 2.45) is 0 Å². The lowest BCUT2D eigenvalue weighted by Gasteiger charge is -2.31. The molecule has 2 atom stereocenters. The second-order valence-electron chi connectivity index (χ2n) is 10.8. The van der Waals surface area contributed by atoms with Gasteiger partial charge in [-0.25, -0.2) is 13.2 Å². The number of hydrogen-bond acceptors (Lipinski definition) is 7. The number of rotatable bonds is 5. The third kappa shape index (κ3) is 4.10. The van der Waals surface area contributed by atoms with Gasteiger partial charge in [-0.2, -0.15) is 15.1 Å². The largest absolute Gasteiger partial charge is 0.461 e. The molecule has 0 saturated carbocycles. The summed E-state index contributed by atoms with van der Waals surface area (Å²) in [6.07, 6.45) is 6.87. The van der Waals surface area contributed by atoms with Crippen LogP contribution >= 0.6 is 0 Å². The van der Waals surface area contributed by atoms with E-state index in [1.54, 1.807) is 31.5 Å². The van der Waals surface area contributed by atoms with Gasteiger partial charge in [-0.1, -0.05) is 0 Å². The van der Waals surface area contributed by atoms with Gasteiger partial charge in [-0.05, 0) is 56.5 Å². The Kier molecular flexibility index (Phi) is 5.73. The maximum absolute atomic E-state index is 14.8. The molecule has 0 amide bonds. The van der Waals surface area contributed by atoms with E-state index < -0.39 is 6.17 Å². The number of fused-ring (bicyclic) bond motifs is 3. The molecule has 8 nitrogen and oxygen atoms in total. The zero-order valence-electron chi connectivity index (χ0n) is 21.6. The molecule has 3 aliphatic heterocycles. The Hall–Kier alpha value is -3.73. The van der Waals surface area contributed by atoms with Crippen LogP contribution in [0, 0.1) is 12.7 Å². The van der Waals surface area contributed by atoms with Gasteiger partial charge < -0.3 is 9.64 Å². The minimum absolute atomic E-state index is 0.0905. The minimum Gasteiger partial charge on any atom is -0.461 e. The van der Waals surface area contributed by atoms with Crippen molar-refractivity contribution >= 4 is 27.6 Å². The van der Waals surface area contributed by atoms with Gasteiger partial charge in [-0.3, -0.25) is 15.0 Å². The first-order valence-electron chi connectivity index (χ1n) is 13.3. The summed E-state index contributed by atoms with van der Waals surface area (Å²) in [4.78, 5) is 18.1. The van der Waals surface area contributed by atoms with Crippen LogP contribution < -0.4 is 9.64 Å². The van der Waals surface area contributed by atoms with E-state index in [-0.39, 0.29) is 36.3 Å². The Morgan fingerprint density at radius 2 is 2.05 bits per heavy atom. The number of ether oxygens (including phenoxy) is 1. The molecule has 6 heterocycles. The number of alkyl halides is 1. The van der Waals surface area contributed by atoms with Gasteiger partial charge in [0.1, 0.15) is 30.2 Å². The number of aromatic nitrogens is 5. The molecule has 4 aromatic rings. The van der Waals surface area contributed by atoms with Crippen LogP contribution in [0.4, 0.5) is 19.0 Å². The third-order valence-electron chi connectivity index (χ3n) is 8.38. The Balaban J connectivity index is 1.32. The maximum Gasteiger partial charge on any atom is 0.319 e. The predicted molar refractivity (Wildman–Crippen MR) is 142 cm³/mol. The van der Waals surface area contributed by atoms with Gasteiger partial charge >= 0.3 is 6.01 Å². The van der Waals surface area contributed by atoms with Gasteiger partial charge in [0.05, 0.1) is 40.4 Å². The third-order valence-corrected chi connectivity index (χ3v) is 8.38. The number of anilines is 1. The lowest BCUT2D eigenvalue weighted by molar-refractivity contribution is 0.107. The van der Waals surface area contributed by atoms with E-state index in [1.807, 2.05) is 4.90 Å². The molecule has 1 aromatic carbocycles. The van der Waals surface area contributed by atoms with Crippen LogP contribution in [0.25, 0.3) is 33.1 Å². The lowest BCUT2D eigenvalue weighted by atomic mass is 9.95. The van der Waals surface area contributed by atoms with Crippen molar-refractivity contribution in [1.82, 2.24) is 30.0 Å². The van der Waals surface area contributed by atoms with Crippen molar-refractivity contribution in [2.45, 2.75) is 44.3 Å². The van der Waals surface area contributed by atoms with E-state index in [0.717, 1.165) is 24.8 Å². The molecule has 3 aliphatic rings. The number of nitrogens with zero attached hydrogens (tertiary/aromatic N) is 6. The smallest absolute Gasteiger partial charge is 0.319 e. The average molecular weight is 536 g/mol. The molecule has 0 spiro atoms. The minimum atomic E-state index is -0.868. The molecular formula is C28H28F3N7O. The van der Waals surface area contributed by atoms with Gasteiger partial charge in [0.2, 0.25) is 0 Å². The topological polar surface area (TPSA) is 83.1 Å². The molecule has 7 rings (SSSR count).